The van der Waals surface area contributed by atoms with E-state index in [0.717, 1.165) is 0 Å². The number of ether oxygens (including phenoxy) is 6. The van der Waals surface area contributed by atoms with Gasteiger partial charge in [-0.25, -0.2) is 28.8 Å². The molecule has 1 saturated heterocycles. The number of nitrogens with one attached hydrogen (secondary N) is 6. The minimum absolute atomic E-state index is 0.0340. The molecule has 1 fully saturated rings. The molecule has 1 rings (SSSR count). The molecule has 0 aromatic carbocycles. The maximum Gasteiger partial charge on any atom is 0.329 e. The van der Waals surface area contributed by atoms with E-state index in [1.807, 2.05) is 0 Å². The third kappa shape index (κ3) is 23.9. The zero-order valence-corrected chi connectivity index (χ0v) is 51.6. The van der Waals surface area contributed by atoms with Gasteiger partial charge in [0.25, 0.3) is 35.4 Å². The summed E-state index contributed by atoms with van der Waals surface area (Å²) in [5, 5.41) is 15.2. The van der Waals surface area contributed by atoms with Crippen LogP contribution in [0, 0.1) is 53.3 Å². The van der Waals surface area contributed by atoms with Crippen molar-refractivity contribution in [3.8, 4) is 0 Å². The van der Waals surface area contributed by atoms with E-state index in [2.05, 4.69) is 31.9 Å². The summed E-state index contributed by atoms with van der Waals surface area (Å²) < 4.78 is 34.1. The van der Waals surface area contributed by atoms with Crippen LogP contribution in [-0.2, 0) is 86.0 Å². The van der Waals surface area contributed by atoms with E-state index in [9.17, 15) is 57.5 Å². The Labute approximate surface area is 478 Å². The van der Waals surface area contributed by atoms with Gasteiger partial charge in [-0.15, -0.1) is 0 Å². The van der Waals surface area contributed by atoms with E-state index in [4.69, 9.17) is 28.4 Å². The first-order chi connectivity index (χ1) is 37.3. The maximum absolute atomic E-state index is 13.9. The van der Waals surface area contributed by atoms with Gasteiger partial charge in [-0.05, 0) is 93.3 Å². The van der Waals surface area contributed by atoms with E-state index in [1.54, 1.807) is 125 Å². The van der Waals surface area contributed by atoms with Gasteiger partial charge in [0, 0.05) is 0 Å². The van der Waals surface area contributed by atoms with Gasteiger partial charge in [-0.3, -0.25) is 28.8 Å². The molecule has 6 N–H and O–H groups in total. The number of amides is 6. The largest absolute Gasteiger partial charge is 0.451 e. The quantitative estimate of drug-likeness (QED) is 0.0925. The van der Waals surface area contributed by atoms with E-state index in [0.29, 0.717) is 0 Å². The van der Waals surface area contributed by atoms with Crippen LogP contribution in [0.2, 0.25) is 0 Å². The molecular weight excluding hydrogens is 1060 g/mol. The van der Waals surface area contributed by atoms with Gasteiger partial charge >= 0.3 is 35.8 Å². The molecular formula is C57H96N6O18. The molecule has 12 atom stereocenters. The Bertz CT molecular complexity index is 1960. The molecule has 462 valence electrons. The number of hydrogen-bond donors (Lipinski definition) is 6. The number of rotatable bonds is 12. The molecule has 0 radical (unpaired) electrons. The summed E-state index contributed by atoms with van der Waals surface area (Å²) in [6, 6.07) is -8.46. The molecule has 0 aliphatic carbocycles. The van der Waals surface area contributed by atoms with Gasteiger partial charge in [0.15, 0.2) is 36.6 Å². The van der Waals surface area contributed by atoms with Crippen molar-refractivity contribution in [2.24, 2.45) is 53.3 Å². The normalized spacial score (nSPS) is 28.2. The first-order valence-electron chi connectivity index (χ1n) is 28.4. The summed E-state index contributed by atoms with van der Waals surface area (Å²) in [4.78, 5) is 166. The molecule has 1 aliphatic rings. The Balaban J connectivity index is 3.93. The summed E-state index contributed by atoms with van der Waals surface area (Å²) >= 11 is 0. The van der Waals surface area contributed by atoms with Crippen LogP contribution in [0.3, 0.4) is 0 Å². The van der Waals surface area contributed by atoms with Crippen LogP contribution in [0.15, 0.2) is 0 Å². The molecule has 0 spiro atoms. The lowest BCUT2D eigenvalue weighted by molar-refractivity contribution is -0.167. The average Bonchev–Trinajstić information content (AvgIpc) is 3.33. The Morgan fingerprint density at radius 2 is 0.469 bits per heavy atom. The van der Waals surface area contributed by atoms with Gasteiger partial charge in [0.1, 0.15) is 36.3 Å². The topological polar surface area (TPSA) is 332 Å². The Morgan fingerprint density at radius 1 is 0.272 bits per heavy atom. The van der Waals surface area contributed by atoms with Crippen molar-refractivity contribution in [3.63, 3.8) is 0 Å². The van der Waals surface area contributed by atoms with Crippen LogP contribution in [0.25, 0.3) is 0 Å². The zero-order chi connectivity index (χ0) is 62.7. The first kappa shape index (κ1) is 72.7. The van der Waals surface area contributed by atoms with Gasteiger partial charge in [-0.2, -0.15) is 0 Å². The molecule has 0 aromatic rings. The van der Waals surface area contributed by atoms with E-state index >= 15 is 0 Å². The third-order valence-electron chi connectivity index (χ3n) is 12.8. The Kier molecular flexibility index (Phi) is 30.1. The van der Waals surface area contributed by atoms with Gasteiger partial charge in [0.05, 0.1) is 0 Å². The molecule has 1 heterocycles. The molecule has 24 heteroatoms. The van der Waals surface area contributed by atoms with Gasteiger partial charge < -0.3 is 60.3 Å². The summed E-state index contributed by atoms with van der Waals surface area (Å²) in [6.45, 7) is 33.4. The summed E-state index contributed by atoms with van der Waals surface area (Å²) in [5.41, 5.74) is 0. The molecule has 0 saturated carbocycles. The molecule has 81 heavy (non-hydrogen) atoms. The highest BCUT2D eigenvalue weighted by Crippen LogP contribution is 2.20. The van der Waals surface area contributed by atoms with Crippen molar-refractivity contribution in [2.45, 2.75) is 238 Å². The van der Waals surface area contributed by atoms with Crippen molar-refractivity contribution in [1.82, 2.24) is 31.9 Å². The van der Waals surface area contributed by atoms with Crippen LogP contribution in [0.4, 0.5) is 0 Å². The van der Waals surface area contributed by atoms with E-state index in [-0.39, 0.29) is 37.0 Å². The minimum atomic E-state index is -1.52. The highest BCUT2D eigenvalue weighted by Gasteiger charge is 2.41. The second-order valence-electron chi connectivity index (χ2n) is 24.4. The van der Waals surface area contributed by atoms with E-state index in [1.165, 1.54) is 20.8 Å². The van der Waals surface area contributed by atoms with Crippen LogP contribution >= 0.6 is 0 Å². The van der Waals surface area contributed by atoms with Crippen LogP contribution in [0.5, 0.6) is 0 Å². The molecule has 0 aromatic heterocycles. The standard InChI is InChI=1S/C57H96N6O18/c1-25(2)22-37-46(64)58-34(19)52(70)79-44(32(15)16)50(68)62-41(29(9)10)56(74)77-39(24-27(5)6)48(66)60-36(21)54(72)81-45(33(17)18)51(69)63-42(30(11)12)57(75)78-38(23-26(3)4)47(65)59-35(20)53(71)80-43(31(13)14)49(67)61-40(28(7)8)55(73)76-37/h25-45H,22-24H2,1-21H3,(H,58,64)(H,59,65)(H,60,66)(H,61,67)(H,62,68)(H,63,69)/t34-,35-,36-,37-,38-,39-,40+,41+,42+,43+,44+,45+/m1/s1/i19+1,20+1,21+1,55+1,56+1,57+1. The number of carbonyl (C=O) groups excluding carboxylic acids is 12. The zero-order valence-electron chi connectivity index (χ0n) is 51.6. The van der Waals surface area contributed by atoms with Crippen molar-refractivity contribution < 1.29 is 86.0 Å². The molecule has 6 amide bonds. The number of carbonyl (C=O) groups is 12. The van der Waals surface area contributed by atoms with Crippen molar-refractivity contribution in [1.29, 1.82) is 0 Å². The summed E-state index contributed by atoms with van der Waals surface area (Å²) in [5.74, 6) is -16.4. The minimum Gasteiger partial charge on any atom is -0.451 e. The molecule has 24 nitrogen and oxygen atoms in total. The van der Waals surface area contributed by atoms with Crippen LogP contribution in [-0.4, -0.2) is 144 Å². The monoisotopic (exact) mass is 1160 g/mol. The highest BCUT2D eigenvalue weighted by atomic mass is 16.6. The molecule has 1 aliphatic heterocycles. The lowest BCUT2D eigenvalue weighted by Crippen LogP contribution is -2.55. The number of cyclic esters (lactones) is 6. The van der Waals surface area contributed by atoms with E-state index < -0.39 is 180 Å². The third-order valence-corrected chi connectivity index (χ3v) is 12.8. The van der Waals surface area contributed by atoms with Gasteiger partial charge in [-0.1, -0.05) is 125 Å². The molecule has 0 bridgehead atoms. The Morgan fingerprint density at radius 3 is 0.630 bits per heavy atom. The second kappa shape index (κ2) is 33.5. The van der Waals surface area contributed by atoms with Crippen molar-refractivity contribution in [3.05, 3.63) is 0 Å². The molecule has 0 unspecified atom stereocenters. The lowest BCUT2D eigenvalue weighted by Gasteiger charge is -2.30. The van der Waals surface area contributed by atoms with Crippen LogP contribution in [0.1, 0.15) is 165 Å². The number of esters is 6. The van der Waals surface area contributed by atoms with Crippen molar-refractivity contribution >= 4 is 71.3 Å². The van der Waals surface area contributed by atoms with Crippen LogP contribution < -0.4 is 31.9 Å². The fourth-order valence-electron chi connectivity index (χ4n) is 8.00. The summed E-state index contributed by atoms with van der Waals surface area (Å²) in [6.07, 6.45) is -9.18. The fourth-order valence-corrected chi connectivity index (χ4v) is 8.00. The lowest BCUT2D eigenvalue weighted by atomic mass is 10.0. The number of hydrogen-bond acceptors (Lipinski definition) is 18. The fraction of sp³-hybridized carbons (Fsp3) is 0.789. The highest BCUT2D eigenvalue weighted by molar-refractivity contribution is 5.95. The maximum atomic E-state index is 13.9. The van der Waals surface area contributed by atoms with Gasteiger partial charge in [0.2, 0.25) is 0 Å². The summed E-state index contributed by atoms with van der Waals surface area (Å²) in [7, 11) is 0. The SMILES string of the molecule is CC(C)C[C@H]1O[13C](=O)[C@H](C(C)C)NC(=O)[C@H](C(C)C)OC(=O)[C@@H]([13CH3])NC(=O)[C@@H](CC(C)C)O[13C](=O)[C@H](C(C)C)NC(=O)[C@H](C(C)C)OC(=O)[C@@H]([13CH3])NC(=O)[C@@H](CC(C)C)O[13C](=O)[C@H](C(C)C)NC(=O)[C@H](C(C)C)OC(=O)[C@@H]([13CH3])NC1=O. The predicted molar refractivity (Wildman–Crippen MR) is 295 cm³/mol. The first-order valence-corrected chi connectivity index (χ1v) is 28.4. The smallest absolute Gasteiger partial charge is 0.329 e. The predicted octanol–water partition coefficient (Wildman–Crippen LogP) is 3.51. The Hall–Kier alpha value is -6.36. The van der Waals surface area contributed by atoms with Crippen molar-refractivity contribution in [2.75, 3.05) is 0 Å². The second-order valence-corrected chi connectivity index (χ2v) is 24.4. The average molecular weight is 1160 g/mol.